The van der Waals surface area contributed by atoms with Crippen molar-refractivity contribution in [2.75, 3.05) is 26.2 Å². The van der Waals surface area contributed by atoms with Crippen LogP contribution in [0, 0.1) is 18.3 Å². The maximum absolute atomic E-state index is 13.5. The van der Waals surface area contributed by atoms with Crippen LogP contribution in [0.3, 0.4) is 0 Å². The molecule has 0 aromatic heterocycles. The maximum Gasteiger partial charge on any atom is 0.254 e. The first-order valence-electron chi connectivity index (χ1n) is 14.5. The molecule has 0 saturated carbocycles. The lowest BCUT2D eigenvalue weighted by Crippen LogP contribution is -2.57. The van der Waals surface area contributed by atoms with Crippen LogP contribution in [0.1, 0.15) is 73.5 Å². The molecule has 0 aliphatic carbocycles. The number of piperazine rings is 1. The summed E-state index contributed by atoms with van der Waals surface area (Å²) in [5.74, 6) is 1.46. The van der Waals surface area contributed by atoms with Crippen LogP contribution in [0.4, 0.5) is 0 Å². The molecular weight excluding hydrogens is 508 g/mol. The van der Waals surface area contributed by atoms with Crippen molar-refractivity contribution in [3.63, 3.8) is 0 Å². The summed E-state index contributed by atoms with van der Waals surface area (Å²) in [6.45, 7) is 11.2. The highest BCUT2D eigenvalue weighted by Gasteiger charge is 2.33. The van der Waals surface area contributed by atoms with Gasteiger partial charge in [0.15, 0.2) is 0 Å². The van der Waals surface area contributed by atoms with Crippen LogP contribution in [0.25, 0.3) is 0 Å². The Bertz CT molecular complexity index is 1200. The van der Waals surface area contributed by atoms with Gasteiger partial charge in [-0.1, -0.05) is 55.3 Å². The van der Waals surface area contributed by atoms with Crippen LogP contribution in [0.2, 0.25) is 5.02 Å². The molecule has 39 heavy (non-hydrogen) atoms. The third-order valence-corrected chi connectivity index (χ3v) is 8.33. The number of carbonyl (C=O) groups excluding carboxylic acids is 1. The minimum Gasteiger partial charge on any atom is -0.492 e. The van der Waals surface area contributed by atoms with E-state index >= 15 is 0 Å². The minimum atomic E-state index is -0.0588. The van der Waals surface area contributed by atoms with Gasteiger partial charge in [0, 0.05) is 37.5 Å². The number of aliphatic imine (C=N–C) groups is 1. The second-order valence-electron chi connectivity index (χ2n) is 11.0. The van der Waals surface area contributed by atoms with Crippen LogP contribution >= 0.6 is 11.6 Å². The molecule has 2 aliphatic heterocycles. The van der Waals surface area contributed by atoms with Gasteiger partial charge in [0.05, 0.1) is 17.7 Å². The summed E-state index contributed by atoms with van der Waals surface area (Å²) < 4.78 is 5.84. The van der Waals surface area contributed by atoms with Crippen molar-refractivity contribution in [1.82, 2.24) is 9.80 Å². The number of nitrogens with one attached hydrogen (secondary N) is 1. The first-order valence-corrected chi connectivity index (χ1v) is 14.9. The number of amidine groups is 1. The van der Waals surface area contributed by atoms with Crippen molar-refractivity contribution >= 4 is 29.6 Å². The molecule has 0 spiro atoms. The normalized spacial score (nSPS) is 19.7. The van der Waals surface area contributed by atoms with Gasteiger partial charge in [0.1, 0.15) is 11.6 Å². The number of ether oxygens (including phenoxy) is 1. The summed E-state index contributed by atoms with van der Waals surface area (Å²) in [7, 11) is 0. The summed E-state index contributed by atoms with van der Waals surface area (Å²) in [5.41, 5.74) is 4.24. The summed E-state index contributed by atoms with van der Waals surface area (Å²) >= 11 is 6.53. The maximum atomic E-state index is 13.5. The van der Waals surface area contributed by atoms with Crippen LogP contribution in [0.5, 0.6) is 5.75 Å². The van der Waals surface area contributed by atoms with Crippen LogP contribution in [0.15, 0.2) is 41.4 Å². The smallest absolute Gasteiger partial charge is 0.254 e. The van der Waals surface area contributed by atoms with E-state index in [9.17, 15) is 4.79 Å². The zero-order chi connectivity index (χ0) is 27.9. The van der Waals surface area contributed by atoms with Crippen LogP contribution in [-0.2, 0) is 12.8 Å². The molecule has 0 radical (unpaired) electrons. The molecule has 1 fully saturated rings. The lowest BCUT2D eigenvalue weighted by Gasteiger charge is -2.42. The van der Waals surface area contributed by atoms with Gasteiger partial charge in [-0.3, -0.25) is 15.1 Å². The van der Waals surface area contributed by atoms with E-state index in [2.05, 4.69) is 61.9 Å². The number of hydrogen-bond donors (Lipinski definition) is 1. The van der Waals surface area contributed by atoms with Crippen LogP contribution in [-0.4, -0.2) is 66.1 Å². The lowest BCUT2D eigenvalue weighted by molar-refractivity contribution is 0.0448. The average molecular weight is 551 g/mol. The Morgan fingerprint density at radius 2 is 2.03 bits per heavy atom. The fourth-order valence-corrected chi connectivity index (χ4v) is 6.08. The van der Waals surface area contributed by atoms with Crippen molar-refractivity contribution in [1.29, 1.82) is 5.41 Å². The highest BCUT2D eigenvalue weighted by Crippen LogP contribution is 2.34. The molecule has 1 saturated heterocycles. The molecule has 4 rings (SSSR count). The van der Waals surface area contributed by atoms with Crippen molar-refractivity contribution in [2.45, 2.75) is 78.3 Å². The Morgan fingerprint density at radius 3 is 2.74 bits per heavy atom. The van der Waals surface area contributed by atoms with Crippen molar-refractivity contribution in [3.8, 4) is 5.75 Å². The van der Waals surface area contributed by atoms with Gasteiger partial charge in [-0.15, -0.1) is 0 Å². The molecule has 1 N–H and O–H groups in total. The molecular formula is C32H43ClN4O2. The first kappa shape index (κ1) is 29.3. The molecule has 3 atom stereocenters. The van der Waals surface area contributed by atoms with Gasteiger partial charge in [-0.2, -0.15) is 0 Å². The number of amides is 1. The van der Waals surface area contributed by atoms with Gasteiger partial charge < -0.3 is 9.64 Å². The molecule has 6 nitrogen and oxygen atoms in total. The molecule has 0 bridgehead atoms. The number of aryl methyl sites for hydroxylation is 2. The lowest BCUT2D eigenvalue weighted by atomic mass is 9.97. The highest BCUT2D eigenvalue weighted by atomic mass is 35.5. The van der Waals surface area contributed by atoms with E-state index < -0.39 is 0 Å². The Morgan fingerprint density at radius 1 is 1.21 bits per heavy atom. The zero-order valence-corrected chi connectivity index (χ0v) is 24.6. The summed E-state index contributed by atoms with van der Waals surface area (Å²) in [4.78, 5) is 22.5. The Hall–Kier alpha value is -2.70. The number of hydrogen-bond acceptors (Lipinski definition) is 4. The SMILES string of the molecule is CCC(C=NC(=N)C(CC)N1CCN(C(=O)c2cc(Cl)c3c(c2)CCCCO3)C(C)C1)Cc1cccc(C)c1. The summed E-state index contributed by atoms with van der Waals surface area (Å²) in [6.07, 6.45) is 7.61. The van der Waals surface area contributed by atoms with Gasteiger partial charge in [0.2, 0.25) is 0 Å². The standard InChI is InChI=1S/C32H43ClN4O2/c1-5-24(17-25-11-9-10-22(3)16-25)20-35-31(34)29(6-2)36-13-14-37(23(4)21-36)32(38)27-18-26-12-7-8-15-39-30(26)28(33)19-27/h9-11,16,18-20,23-24,29,34H,5-8,12-15,17,21H2,1-4H3. The fraction of sp³-hybridized carbons (Fsp3) is 0.531. The zero-order valence-electron chi connectivity index (χ0n) is 23.9. The average Bonchev–Trinajstić information content (AvgIpc) is 3.17. The largest absolute Gasteiger partial charge is 0.492 e. The van der Waals surface area contributed by atoms with E-state index in [0.29, 0.717) is 42.0 Å². The molecule has 3 unspecified atom stereocenters. The summed E-state index contributed by atoms with van der Waals surface area (Å²) in [5, 5.41) is 9.31. The molecule has 210 valence electrons. The van der Waals surface area contributed by atoms with Crippen molar-refractivity contribution < 1.29 is 9.53 Å². The van der Waals surface area contributed by atoms with Crippen molar-refractivity contribution in [3.05, 3.63) is 63.7 Å². The van der Waals surface area contributed by atoms with Crippen LogP contribution < -0.4 is 4.74 Å². The molecule has 2 aromatic carbocycles. The Kier molecular flexibility index (Phi) is 10.2. The number of fused-ring (bicyclic) bond motifs is 1. The predicted molar refractivity (Wildman–Crippen MR) is 161 cm³/mol. The topological polar surface area (TPSA) is 69.0 Å². The number of rotatable bonds is 8. The van der Waals surface area contributed by atoms with E-state index in [4.69, 9.17) is 21.7 Å². The molecule has 2 heterocycles. The Balaban J connectivity index is 1.38. The molecule has 1 amide bonds. The number of benzene rings is 2. The predicted octanol–water partition coefficient (Wildman–Crippen LogP) is 6.61. The van der Waals surface area contributed by atoms with Gasteiger partial charge >= 0.3 is 0 Å². The number of nitrogens with zero attached hydrogens (tertiary/aromatic N) is 3. The molecule has 2 aliphatic rings. The third-order valence-electron chi connectivity index (χ3n) is 8.05. The number of carbonyl (C=O) groups is 1. The van der Waals surface area contributed by atoms with E-state index in [1.54, 1.807) is 6.07 Å². The molecule has 2 aromatic rings. The fourth-order valence-electron chi connectivity index (χ4n) is 5.79. The van der Waals surface area contributed by atoms with E-state index in [1.807, 2.05) is 17.2 Å². The monoisotopic (exact) mass is 550 g/mol. The van der Waals surface area contributed by atoms with Gasteiger partial charge in [-0.25, -0.2) is 4.99 Å². The first-order chi connectivity index (χ1) is 18.8. The number of halogens is 1. The van der Waals surface area contributed by atoms with Gasteiger partial charge in [-0.05, 0) is 81.5 Å². The quantitative estimate of drug-likeness (QED) is 0.297. The van der Waals surface area contributed by atoms with E-state index in [-0.39, 0.29) is 18.0 Å². The highest BCUT2D eigenvalue weighted by molar-refractivity contribution is 6.32. The Labute approximate surface area is 238 Å². The summed E-state index contributed by atoms with van der Waals surface area (Å²) in [6, 6.07) is 12.3. The van der Waals surface area contributed by atoms with E-state index in [1.165, 1.54) is 11.1 Å². The van der Waals surface area contributed by atoms with Gasteiger partial charge in [0.25, 0.3) is 5.91 Å². The van der Waals surface area contributed by atoms with E-state index in [0.717, 1.165) is 56.4 Å². The third kappa shape index (κ3) is 7.29. The second-order valence-corrected chi connectivity index (χ2v) is 11.5. The molecule has 7 heteroatoms. The minimum absolute atomic E-state index is 0.0131. The second kappa shape index (κ2) is 13.6. The van der Waals surface area contributed by atoms with Crippen molar-refractivity contribution in [2.24, 2.45) is 10.9 Å².